The number of halogens is 10. The Bertz CT molecular complexity index is 1880. The van der Waals surface area contributed by atoms with E-state index in [-0.39, 0.29) is 24.0 Å². The summed E-state index contributed by atoms with van der Waals surface area (Å²) in [6, 6.07) is 6.94. The van der Waals surface area contributed by atoms with Crippen LogP contribution in [0.25, 0.3) is 0 Å². The minimum Gasteiger partial charge on any atom is -0.207 e. The van der Waals surface area contributed by atoms with Gasteiger partial charge in [-0.05, 0) is 76.6 Å². The molecule has 0 unspecified atom stereocenters. The van der Waals surface area contributed by atoms with Crippen LogP contribution in [0.15, 0.2) is 24.3 Å². The zero-order chi connectivity index (χ0) is 36.9. The molecular weight excluding hydrogens is 694 g/mol. The zero-order valence-electron chi connectivity index (χ0n) is 28.0. The predicted octanol–water partition coefficient (Wildman–Crippen LogP) is 8.55. The van der Waals surface area contributed by atoms with Gasteiger partial charge in [-0.3, -0.25) is 0 Å². The summed E-state index contributed by atoms with van der Waals surface area (Å²) in [6.07, 6.45) is -4.33. The van der Waals surface area contributed by atoms with Crippen LogP contribution in [-0.4, -0.2) is 16.7 Å². The molecule has 2 atom stereocenters. The lowest BCUT2D eigenvalue weighted by Crippen LogP contribution is -2.72. The molecule has 1 saturated heterocycles. The van der Waals surface area contributed by atoms with Crippen molar-refractivity contribution in [1.29, 1.82) is 0 Å². The van der Waals surface area contributed by atoms with Crippen LogP contribution < -0.4 is 21.5 Å². The maximum atomic E-state index is 16.4. The van der Waals surface area contributed by atoms with Crippen molar-refractivity contribution in [3.63, 3.8) is 0 Å². The zero-order valence-corrected chi connectivity index (χ0v) is 28.8. The summed E-state index contributed by atoms with van der Waals surface area (Å²) >= 11 is 0. The van der Waals surface area contributed by atoms with E-state index in [0.717, 1.165) is 11.1 Å². The van der Waals surface area contributed by atoms with Crippen molar-refractivity contribution in [2.75, 3.05) is 0 Å². The molecule has 265 valence electrons. The van der Waals surface area contributed by atoms with E-state index in [1.54, 1.807) is 65.8 Å². The lowest BCUT2D eigenvalue weighted by Gasteiger charge is -2.46. The van der Waals surface area contributed by atoms with E-state index in [2.05, 4.69) is 0 Å². The maximum Gasteiger partial charge on any atom is 0.216 e. The van der Waals surface area contributed by atoms with Crippen molar-refractivity contribution in [3.05, 3.63) is 116 Å². The predicted molar refractivity (Wildman–Crippen MR) is 174 cm³/mol. The number of hydrogen-bond acceptors (Lipinski definition) is 1. The van der Waals surface area contributed by atoms with Crippen molar-refractivity contribution < 1.29 is 49.1 Å². The molecule has 2 fully saturated rings. The molecule has 2 aliphatic rings. The Labute approximate surface area is 283 Å². The Morgan fingerprint density at radius 2 is 0.820 bits per heavy atom. The van der Waals surface area contributed by atoms with Gasteiger partial charge in [-0.25, -0.2) is 43.9 Å². The first kappa shape index (κ1) is 36.4. The molecule has 0 bridgehead atoms. The third-order valence-electron chi connectivity index (χ3n) is 10.9. The van der Waals surface area contributed by atoms with Crippen LogP contribution in [0.2, 0.25) is 5.82 Å². The van der Waals surface area contributed by atoms with Gasteiger partial charge in [0.1, 0.15) is 41.3 Å². The Balaban J connectivity index is 1.97. The molecule has 1 saturated carbocycles. The molecule has 0 spiro atoms. The van der Waals surface area contributed by atoms with Gasteiger partial charge in [0.05, 0.1) is 5.66 Å². The van der Waals surface area contributed by atoms with Crippen molar-refractivity contribution in [2.45, 2.75) is 78.7 Å². The van der Waals surface area contributed by atoms with Crippen LogP contribution >= 0.6 is 7.41 Å². The maximum absolute atomic E-state index is 16.4. The fourth-order valence-corrected chi connectivity index (χ4v) is 16.1. The van der Waals surface area contributed by atoms with Gasteiger partial charge in [0.15, 0.2) is 34.9 Å². The molecule has 50 heavy (non-hydrogen) atoms. The number of rotatable bonds is 4. The molecule has 0 amide bonds. The number of aryl methyl sites for hydroxylation is 6. The fraction of sp³-hybridized carbons (Fsp3) is 0.333. The summed E-state index contributed by atoms with van der Waals surface area (Å²) in [5.74, 6) is -27.3. The number of fused-ring (bicyclic) bond motifs is 1. The van der Waals surface area contributed by atoms with Gasteiger partial charge < -0.3 is 0 Å². The summed E-state index contributed by atoms with van der Waals surface area (Å²) in [5.41, 5.74) is -1.35. The van der Waals surface area contributed by atoms with Gasteiger partial charge in [-0.1, -0.05) is 54.1 Å². The molecule has 1 aliphatic heterocycles. The minimum absolute atomic E-state index is 0.0829. The third kappa shape index (κ3) is 4.61. The molecule has 4 aromatic rings. The second-order valence-corrected chi connectivity index (χ2v) is 17.2. The van der Waals surface area contributed by atoms with E-state index in [4.69, 9.17) is 0 Å². The average Bonchev–Trinajstić information content (AvgIpc) is 3.25. The second-order valence-electron chi connectivity index (χ2n) is 13.9. The summed E-state index contributed by atoms with van der Waals surface area (Å²) in [5, 5.41) is 16.9. The monoisotopic (exact) mass is 726 g/mol. The molecule has 6 rings (SSSR count). The standard InChI is InChI=1S/C36H32BF10NOP/c1-15-11-17(3)35(18(4)12-15)50(36-19(5)13-16(2)14-20(36)6)22-10-8-7-9-21(22)37(48(50)49,23-25(38)29(42)33(46)30(43)26(23)39)24-27(40)31(44)34(47)32(45)28(24)41/h11-14,21-22H,7-10H2,1-6H3/t21-,22-/m1/s1. The highest BCUT2D eigenvalue weighted by atomic mass is 31.2. The molecular formula is C36H32BF10NOP. The highest BCUT2D eigenvalue weighted by Gasteiger charge is 2.74. The van der Waals surface area contributed by atoms with Crippen LogP contribution in [0.5, 0.6) is 0 Å². The van der Waals surface area contributed by atoms with Gasteiger partial charge >= 0.3 is 0 Å². The second kappa shape index (κ2) is 12.4. The lowest BCUT2D eigenvalue weighted by molar-refractivity contribution is 0.00354. The largest absolute Gasteiger partial charge is 0.216 e. The van der Waals surface area contributed by atoms with E-state index in [1.165, 1.54) is 0 Å². The molecule has 0 aromatic heterocycles. The highest BCUT2D eigenvalue weighted by Crippen LogP contribution is 2.78. The summed E-state index contributed by atoms with van der Waals surface area (Å²) in [6.45, 7) is 10.2. The first-order valence-corrected chi connectivity index (χ1v) is 17.9. The summed E-state index contributed by atoms with van der Waals surface area (Å²) in [4.78, 5) is 0. The fourth-order valence-electron chi connectivity index (χ4n) is 9.63. The first-order chi connectivity index (χ1) is 23.4. The molecule has 0 N–H and O–H groups in total. The molecule has 1 heterocycles. The van der Waals surface area contributed by atoms with Crippen molar-refractivity contribution >= 4 is 35.2 Å². The van der Waals surface area contributed by atoms with E-state index >= 15 is 40.3 Å². The summed E-state index contributed by atoms with van der Waals surface area (Å²) < 4.78 is 156. The quantitative estimate of drug-likeness (QED) is 0.0680. The van der Waals surface area contributed by atoms with Crippen molar-refractivity contribution in [3.8, 4) is 0 Å². The summed E-state index contributed by atoms with van der Waals surface area (Å²) in [7, 11) is -4.12. The van der Waals surface area contributed by atoms with Gasteiger partial charge in [-0.15, -0.1) is 16.1 Å². The number of benzene rings is 4. The van der Waals surface area contributed by atoms with E-state index < -0.39 is 94.3 Å². The van der Waals surface area contributed by atoms with E-state index in [0.29, 0.717) is 39.3 Å². The van der Waals surface area contributed by atoms with E-state index in [9.17, 15) is 8.78 Å². The topological polar surface area (TPSA) is 23.1 Å². The number of hydrogen-bond donors (Lipinski definition) is 0. The van der Waals surface area contributed by atoms with Gasteiger partial charge in [-0.2, -0.15) is 4.74 Å². The number of nitrogens with zero attached hydrogens (tertiary/aromatic N) is 1. The van der Waals surface area contributed by atoms with E-state index in [1.807, 2.05) is 0 Å². The molecule has 2 nitrogen and oxygen atoms in total. The molecule has 1 radical (unpaired) electrons. The third-order valence-corrected chi connectivity index (χ3v) is 16.2. The van der Waals surface area contributed by atoms with Crippen LogP contribution in [-0.2, 0) is 5.21 Å². The normalized spacial score (nSPS) is 20.0. The minimum atomic E-state index is -4.73. The SMILES string of the molecule is Cc1cc(C)c([P+]2(c3c(C)cc(C)cc3C)[C@@H]3CCCC[C@H]3[B-](c3c(F)c(F)c(F)c(F)c3F)(c3c(F)c(F)c(F)c(F)c3F)N2[O])c(C)c1. The highest BCUT2D eigenvalue weighted by molar-refractivity contribution is 7.90. The van der Waals surface area contributed by atoms with Crippen LogP contribution in [0.1, 0.15) is 59.1 Å². The van der Waals surface area contributed by atoms with Gasteiger partial charge in [0.2, 0.25) is 6.28 Å². The Morgan fingerprint density at radius 1 is 0.520 bits per heavy atom. The lowest BCUT2D eigenvalue weighted by atomic mass is 9.20. The molecule has 4 aromatic carbocycles. The van der Waals surface area contributed by atoms with Crippen LogP contribution in [0, 0.1) is 99.7 Å². The Morgan fingerprint density at radius 3 is 1.16 bits per heavy atom. The Hall–Kier alpha value is -3.41. The molecule has 1 aliphatic carbocycles. The molecule has 14 heteroatoms. The van der Waals surface area contributed by atoms with Gasteiger partial charge in [0, 0.05) is 0 Å². The van der Waals surface area contributed by atoms with Crippen LogP contribution in [0.4, 0.5) is 43.9 Å². The van der Waals surface area contributed by atoms with Crippen molar-refractivity contribution in [2.24, 2.45) is 0 Å². The van der Waals surface area contributed by atoms with Gasteiger partial charge in [0.25, 0.3) is 0 Å². The average molecular weight is 726 g/mol. The Kier molecular flexibility index (Phi) is 9.01. The first-order valence-electron chi connectivity index (χ1n) is 16.1. The van der Waals surface area contributed by atoms with Crippen LogP contribution in [0.3, 0.4) is 0 Å². The van der Waals surface area contributed by atoms with Crippen molar-refractivity contribution in [1.82, 2.24) is 4.74 Å². The smallest absolute Gasteiger partial charge is 0.207 e.